The Bertz CT molecular complexity index is 1320. The van der Waals surface area contributed by atoms with Crippen LogP contribution in [0.4, 0.5) is 11.4 Å². The second-order valence-corrected chi connectivity index (χ2v) is 11.0. The van der Waals surface area contributed by atoms with Crippen molar-refractivity contribution in [3.05, 3.63) is 108 Å². The summed E-state index contributed by atoms with van der Waals surface area (Å²) in [5, 5.41) is 0. The third kappa shape index (κ3) is 3.64. The minimum Gasteiger partial charge on any atom is -0.336 e. The first-order valence-corrected chi connectivity index (χ1v) is 12.4. The molecule has 0 saturated carbocycles. The summed E-state index contributed by atoms with van der Waals surface area (Å²) in [4.78, 5) is 2.53. The van der Waals surface area contributed by atoms with Gasteiger partial charge in [0.05, 0.1) is 0 Å². The molecule has 0 unspecified atom stereocenters. The molecule has 4 aromatic rings. The van der Waals surface area contributed by atoms with E-state index in [1.165, 1.54) is 50.3 Å². The zero-order valence-electron chi connectivity index (χ0n) is 21.3. The Morgan fingerprint density at radius 2 is 1.29 bits per heavy atom. The molecule has 0 spiro atoms. The fraction of sp³-hybridized carbons (Fsp3) is 0.273. The van der Waals surface area contributed by atoms with Crippen molar-refractivity contribution < 1.29 is 0 Å². The van der Waals surface area contributed by atoms with Gasteiger partial charge < -0.3 is 4.90 Å². The topological polar surface area (TPSA) is 3.24 Å². The van der Waals surface area contributed by atoms with Gasteiger partial charge >= 0.3 is 0 Å². The first kappa shape index (κ1) is 22.5. The molecule has 0 atom stereocenters. The van der Waals surface area contributed by atoms with Crippen molar-refractivity contribution in [2.45, 2.75) is 58.9 Å². The van der Waals surface area contributed by atoms with Crippen LogP contribution >= 0.6 is 0 Å². The van der Waals surface area contributed by atoms with Crippen molar-refractivity contribution in [1.29, 1.82) is 0 Å². The molecule has 34 heavy (non-hydrogen) atoms. The maximum Gasteiger partial charge on any atom is 0.0451 e. The minimum absolute atomic E-state index is 0.00628. The van der Waals surface area contributed by atoms with Crippen molar-refractivity contribution in [3.8, 4) is 22.3 Å². The van der Waals surface area contributed by atoms with Crippen LogP contribution in [0.5, 0.6) is 0 Å². The Kier molecular flexibility index (Phi) is 5.40. The molecule has 4 aromatic carbocycles. The van der Waals surface area contributed by atoms with E-state index in [1.807, 2.05) is 0 Å². The van der Waals surface area contributed by atoms with Crippen molar-refractivity contribution in [3.63, 3.8) is 0 Å². The largest absolute Gasteiger partial charge is 0.336 e. The van der Waals surface area contributed by atoms with E-state index in [4.69, 9.17) is 0 Å². The molecular weight excluding hydrogens is 410 g/mol. The van der Waals surface area contributed by atoms with Crippen molar-refractivity contribution in [2.24, 2.45) is 0 Å². The average Bonchev–Trinajstić information content (AvgIpc) is 3.05. The number of fused-ring (bicyclic) bond motifs is 3. The highest BCUT2D eigenvalue weighted by molar-refractivity contribution is 5.85. The quantitative estimate of drug-likeness (QED) is 0.303. The van der Waals surface area contributed by atoms with Crippen molar-refractivity contribution in [1.82, 2.24) is 0 Å². The van der Waals surface area contributed by atoms with E-state index in [1.54, 1.807) is 0 Å². The van der Waals surface area contributed by atoms with Crippen LogP contribution in [0.25, 0.3) is 22.3 Å². The van der Waals surface area contributed by atoms with E-state index in [-0.39, 0.29) is 11.0 Å². The van der Waals surface area contributed by atoms with Gasteiger partial charge in [-0.1, -0.05) is 87.5 Å². The van der Waals surface area contributed by atoms with Gasteiger partial charge in [0.1, 0.15) is 0 Å². The van der Waals surface area contributed by atoms with E-state index >= 15 is 0 Å². The third-order valence-electron chi connectivity index (χ3n) is 7.31. The van der Waals surface area contributed by atoms with E-state index in [9.17, 15) is 0 Å². The van der Waals surface area contributed by atoms with Crippen molar-refractivity contribution >= 4 is 11.4 Å². The van der Waals surface area contributed by atoms with Gasteiger partial charge in [0, 0.05) is 22.3 Å². The van der Waals surface area contributed by atoms with Gasteiger partial charge in [-0.15, -0.1) is 0 Å². The predicted octanol–water partition coefficient (Wildman–Crippen LogP) is 9.16. The van der Waals surface area contributed by atoms with Crippen LogP contribution < -0.4 is 4.90 Å². The first-order chi connectivity index (χ1) is 16.2. The number of anilines is 2. The van der Waals surface area contributed by atoms with Crippen LogP contribution in [0, 0.1) is 0 Å². The summed E-state index contributed by atoms with van der Waals surface area (Å²) in [6.07, 6.45) is 1.000. The molecule has 0 N–H and O–H groups in total. The second-order valence-electron chi connectivity index (χ2n) is 11.0. The standard InChI is InChI=1S/C33H35N/c1-7-23-21-28-27-15-11-12-16-29(27)33(5,6)30(28)22-31(23)34(32(2,3)4)26-19-17-25(18-20-26)24-13-9-8-10-14-24/h8-22H,7H2,1-6H3. The highest BCUT2D eigenvalue weighted by atomic mass is 15.2. The van der Waals surface area contributed by atoms with Crippen LogP contribution in [0.15, 0.2) is 91.0 Å². The number of nitrogens with zero attached hydrogens (tertiary/aromatic N) is 1. The number of hydrogen-bond acceptors (Lipinski definition) is 1. The smallest absolute Gasteiger partial charge is 0.0451 e. The molecule has 1 nitrogen and oxygen atoms in total. The lowest BCUT2D eigenvalue weighted by Gasteiger charge is -2.40. The van der Waals surface area contributed by atoms with Gasteiger partial charge in [-0.05, 0) is 90.4 Å². The Labute approximate surface area is 205 Å². The van der Waals surface area contributed by atoms with Gasteiger partial charge in [0.25, 0.3) is 0 Å². The molecule has 0 radical (unpaired) electrons. The Hall–Kier alpha value is -3.32. The maximum absolute atomic E-state index is 2.53. The SMILES string of the molecule is CCc1cc2c(cc1N(c1ccc(-c3ccccc3)cc1)C(C)(C)C)C(C)(C)c1ccccc1-2. The van der Waals surface area contributed by atoms with Gasteiger partial charge in [0.2, 0.25) is 0 Å². The lowest BCUT2D eigenvalue weighted by Crippen LogP contribution is -2.38. The molecule has 1 heteroatoms. The summed E-state index contributed by atoms with van der Waals surface area (Å²) in [6, 6.07) is 33.5. The third-order valence-corrected chi connectivity index (χ3v) is 7.31. The normalized spacial score (nSPS) is 13.9. The fourth-order valence-electron chi connectivity index (χ4n) is 5.59. The summed E-state index contributed by atoms with van der Waals surface area (Å²) < 4.78 is 0. The Balaban J connectivity index is 1.65. The summed E-state index contributed by atoms with van der Waals surface area (Å²) in [7, 11) is 0. The zero-order chi connectivity index (χ0) is 24.1. The van der Waals surface area contributed by atoms with E-state index in [0.717, 1.165) is 6.42 Å². The summed E-state index contributed by atoms with van der Waals surface area (Å²) in [5.74, 6) is 0. The highest BCUT2D eigenvalue weighted by Gasteiger charge is 2.37. The molecular formula is C33H35N. The molecule has 0 amide bonds. The molecule has 0 aromatic heterocycles. The molecule has 1 aliphatic rings. The first-order valence-electron chi connectivity index (χ1n) is 12.4. The molecule has 5 rings (SSSR count). The monoisotopic (exact) mass is 445 g/mol. The summed E-state index contributed by atoms with van der Waals surface area (Å²) in [5.41, 5.74) is 12.0. The van der Waals surface area contributed by atoms with E-state index in [2.05, 4.69) is 137 Å². The molecule has 0 saturated heterocycles. The number of hydrogen-bond donors (Lipinski definition) is 0. The van der Waals surface area contributed by atoms with Gasteiger partial charge in [-0.25, -0.2) is 0 Å². The Morgan fingerprint density at radius 3 is 1.94 bits per heavy atom. The van der Waals surface area contributed by atoms with Gasteiger partial charge in [0.15, 0.2) is 0 Å². The van der Waals surface area contributed by atoms with E-state index < -0.39 is 0 Å². The van der Waals surface area contributed by atoms with Crippen LogP contribution in [0.1, 0.15) is 58.2 Å². The van der Waals surface area contributed by atoms with Crippen LogP contribution in [-0.2, 0) is 11.8 Å². The molecule has 0 aliphatic heterocycles. The van der Waals surface area contributed by atoms with Gasteiger partial charge in [-0.2, -0.15) is 0 Å². The number of aryl methyl sites for hydroxylation is 1. The van der Waals surface area contributed by atoms with E-state index in [0.29, 0.717) is 0 Å². The van der Waals surface area contributed by atoms with Gasteiger partial charge in [-0.3, -0.25) is 0 Å². The molecule has 172 valence electrons. The predicted molar refractivity (Wildman–Crippen MR) is 147 cm³/mol. The number of rotatable bonds is 4. The average molecular weight is 446 g/mol. The lowest BCUT2D eigenvalue weighted by atomic mass is 9.81. The Morgan fingerprint density at radius 1 is 0.676 bits per heavy atom. The van der Waals surface area contributed by atoms with Crippen LogP contribution in [0.2, 0.25) is 0 Å². The number of benzene rings is 4. The zero-order valence-corrected chi connectivity index (χ0v) is 21.3. The van der Waals surface area contributed by atoms with Crippen LogP contribution in [-0.4, -0.2) is 5.54 Å². The van der Waals surface area contributed by atoms with Crippen LogP contribution in [0.3, 0.4) is 0 Å². The summed E-state index contributed by atoms with van der Waals surface area (Å²) >= 11 is 0. The highest BCUT2D eigenvalue weighted by Crippen LogP contribution is 2.51. The molecule has 0 fully saturated rings. The lowest BCUT2D eigenvalue weighted by molar-refractivity contribution is 0.558. The fourth-order valence-corrected chi connectivity index (χ4v) is 5.59. The molecule has 0 bridgehead atoms. The second kappa shape index (κ2) is 8.17. The van der Waals surface area contributed by atoms with Crippen molar-refractivity contribution in [2.75, 3.05) is 4.90 Å². The maximum atomic E-state index is 2.53. The summed E-state index contributed by atoms with van der Waals surface area (Å²) in [6.45, 7) is 13.9. The molecule has 1 aliphatic carbocycles. The molecule has 0 heterocycles. The minimum atomic E-state index is -0.0674.